The highest BCUT2D eigenvalue weighted by Gasteiger charge is 2.12. The Morgan fingerprint density at radius 2 is 2.24 bits per heavy atom. The Morgan fingerprint density at radius 1 is 1.41 bits per heavy atom. The average Bonchev–Trinajstić information content (AvgIpc) is 2.82. The fraction of sp³-hybridized carbons (Fsp3) is 0.0909. The molecule has 0 fully saturated rings. The van der Waals surface area contributed by atoms with Crippen LogP contribution < -0.4 is 5.32 Å². The minimum absolute atomic E-state index is 0.201. The molecule has 0 aliphatic rings. The third kappa shape index (κ3) is 2.85. The molecule has 6 heteroatoms. The van der Waals surface area contributed by atoms with Crippen molar-refractivity contribution < 1.29 is 13.6 Å². The Kier molecular flexibility index (Phi) is 3.43. The molecule has 0 aliphatic carbocycles. The van der Waals surface area contributed by atoms with Crippen LogP contribution in [-0.2, 0) is 6.54 Å². The maximum atomic E-state index is 13.2. The minimum Gasteiger partial charge on any atom is -0.345 e. The number of nitrogens with one attached hydrogen (secondary N) is 1. The summed E-state index contributed by atoms with van der Waals surface area (Å²) in [6.45, 7) is 0.201. The highest BCUT2D eigenvalue weighted by atomic mass is 32.1. The summed E-state index contributed by atoms with van der Waals surface area (Å²) in [7, 11) is 0. The quantitative estimate of drug-likeness (QED) is 0.913. The van der Waals surface area contributed by atoms with E-state index in [0.717, 1.165) is 18.2 Å². The fourth-order valence-corrected chi connectivity index (χ4v) is 1.82. The molecule has 1 heterocycles. The Hall–Kier alpha value is -1.82. The molecule has 0 saturated heterocycles. The van der Waals surface area contributed by atoms with E-state index in [2.05, 4.69) is 10.3 Å². The monoisotopic (exact) mass is 254 g/mol. The summed E-state index contributed by atoms with van der Waals surface area (Å²) in [5, 5.41) is 4.94. The van der Waals surface area contributed by atoms with E-state index < -0.39 is 17.5 Å². The van der Waals surface area contributed by atoms with Gasteiger partial charge in [0.1, 0.15) is 16.6 Å². The Balaban J connectivity index is 2.07. The summed E-state index contributed by atoms with van der Waals surface area (Å²) in [6, 6.07) is 2.76. The molecular formula is C11H8F2N2OS. The molecule has 1 aromatic carbocycles. The van der Waals surface area contributed by atoms with Gasteiger partial charge in [-0.05, 0) is 18.2 Å². The molecule has 0 unspecified atom stereocenters. The molecule has 3 nitrogen and oxygen atoms in total. The highest BCUT2D eigenvalue weighted by Crippen LogP contribution is 2.10. The van der Waals surface area contributed by atoms with Gasteiger partial charge in [-0.2, -0.15) is 0 Å². The van der Waals surface area contributed by atoms with Gasteiger partial charge in [0.15, 0.2) is 0 Å². The van der Waals surface area contributed by atoms with E-state index in [0.29, 0.717) is 5.01 Å². The van der Waals surface area contributed by atoms with Crippen molar-refractivity contribution in [3.05, 3.63) is 52.0 Å². The second kappa shape index (κ2) is 5.01. The van der Waals surface area contributed by atoms with Gasteiger partial charge >= 0.3 is 0 Å². The Morgan fingerprint density at radius 3 is 2.94 bits per heavy atom. The first kappa shape index (κ1) is 11.7. The van der Waals surface area contributed by atoms with Crippen molar-refractivity contribution >= 4 is 17.2 Å². The van der Waals surface area contributed by atoms with Crippen LogP contribution in [0.15, 0.2) is 29.8 Å². The van der Waals surface area contributed by atoms with Gasteiger partial charge in [0.2, 0.25) is 0 Å². The molecule has 1 amide bonds. The van der Waals surface area contributed by atoms with Crippen molar-refractivity contribution in [2.45, 2.75) is 6.54 Å². The molecule has 0 spiro atoms. The lowest BCUT2D eigenvalue weighted by Gasteiger charge is -2.04. The lowest BCUT2D eigenvalue weighted by Crippen LogP contribution is -2.23. The molecule has 1 N–H and O–H groups in total. The van der Waals surface area contributed by atoms with Crippen LogP contribution >= 0.6 is 11.3 Å². The molecule has 2 aromatic rings. The van der Waals surface area contributed by atoms with Crippen molar-refractivity contribution in [1.29, 1.82) is 0 Å². The summed E-state index contributed by atoms with van der Waals surface area (Å²) in [5.74, 6) is -2.05. The number of nitrogens with zero attached hydrogens (tertiary/aromatic N) is 1. The number of aromatic nitrogens is 1. The summed E-state index contributed by atoms with van der Waals surface area (Å²) in [4.78, 5) is 15.5. The normalized spacial score (nSPS) is 10.2. The van der Waals surface area contributed by atoms with Gasteiger partial charge in [-0.1, -0.05) is 0 Å². The van der Waals surface area contributed by atoms with Crippen LogP contribution in [0, 0.1) is 11.6 Å². The smallest absolute Gasteiger partial charge is 0.254 e. The van der Waals surface area contributed by atoms with E-state index in [1.807, 2.05) is 0 Å². The van der Waals surface area contributed by atoms with Gasteiger partial charge in [-0.25, -0.2) is 13.8 Å². The van der Waals surface area contributed by atoms with Crippen LogP contribution in [0.4, 0.5) is 8.78 Å². The standard InChI is InChI=1S/C11H8F2N2OS/c12-7-1-2-9(13)8(5-7)11(16)15-6-10-14-3-4-17-10/h1-5H,6H2,(H,15,16). The van der Waals surface area contributed by atoms with Crippen LogP contribution in [0.3, 0.4) is 0 Å². The van der Waals surface area contributed by atoms with Crippen LogP contribution in [0.25, 0.3) is 0 Å². The first-order chi connectivity index (χ1) is 8.16. The molecule has 1 aromatic heterocycles. The lowest BCUT2D eigenvalue weighted by molar-refractivity contribution is 0.0946. The van der Waals surface area contributed by atoms with Crippen LogP contribution in [0.2, 0.25) is 0 Å². The highest BCUT2D eigenvalue weighted by molar-refractivity contribution is 7.09. The Bertz CT molecular complexity index is 528. The van der Waals surface area contributed by atoms with Gasteiger partial charge in [0.05, 0.1) is 12.1 Å². The SMILES string of the molecule is O=C(NCc1nccs1)c1cc(F)ccc1F. The zero-order valence-corrected chi connectivity index (χ0v) is 9.43. The Labute approximate surface area is 100 Å². The third-order valence-electron chi connectivity index (χ3n) is 2.06. The molecule has 0 radical (unpaired) electrons. The second-order valence-corrected chi connectivity index (χ2v) is 4.21. The van der Waals surface area contributed by atoms with E-state index in [-0.39, 0.29) is 12.1 Å². The number of amides is 1. The summed E-state index contributed by atoms with van der Waals surface area (Å²) < 4.78 is 26.1. The second-order valence-electron chi connectivity index (χ2n) is 3.23. The first-order valence-corrected chi connectivity index (χ1v) is 5.66. The molecule has 0 atom stereocenters. The largest absolute Gasteiger partial charge is 0.345 e. The van der Waals surface area contributed by atoms with Crippen molar-refractivity contribution in [2.75, 3.05) is 0 Å². The fourth-order valence-electron chi connectivity index (χ4n) is 1.26. The molecule has 2 rings (SSSR count). The third-order valence-corrected chi connectivity index (χ3v) is 2.84. The predicted molar refractivity (Wildman–Crippen MR) is 59.6 cm³/mol. The van der Waals surface area contributed by atoms with E-state index in [4.69, 9.17) is 0 Å². The zero-order chi connectivity index (χ0) is 12.3. The summed E-state index contributed by atoms with van der Waals surface area (Å²) >= 11 is 1.37. The molecule has 0 bridgehead atoms. The number of hydrogen-bond acceptors (Lipinski definition) is 3. The number of carbonyl (C=O) groups is 1. The number of carbonyl (C=O) groups excluding carboxylic acids is 1. The van der Waals surface area contributed by atoms with Crippen LogP contribution in [0.5, 0.6) is 0 Å². The van der Waals surface area contributed by atoms with E-state index in [9.17, 15) is 13.6 Å². The van der Waals surface area contributed by atoms with Gasteiger partial charge in [0.25, 0.3) is 5.91 Å². The predicted octanol–water partition coefficient (Wildman–Crippen LogP) is 2.35. The van der Waals surface area contributed by atoms with Crippen LogP contribution in [0.1, 0.15) is 15.4 Å². The number of hydrogen-bond donors (Lipinski definition) is 1. The molecule has 17 heavy (non-hydrogen) atoms. The van der Waals surface area contributed by atoms with E-state index >= 15 is 0 Å². The number of thiazole rings is 1. The average molecular weight is 254 g/mol. The summed E-state index contributed by atoms with van der Waals surface area (Å²) in [6.07, 6.45) is 1.61. The van der Waals surface area contributed by atoms with Gasteiger partial charge in [-0.15, -0.1) is 11.3 Å². The van der Waals surface area contributed by atoms with Gasteiger partial charge in [0, 0.05) is 11.6 Å². The summed E-state index contributed by atoms with van der Waals surface area (Å²) in [5.41, 5.74) is -0.304. The topological polar surface area (TPSA) is 42.0 Å². The lowest BCUT2D eigenvalue weighted by atomic mass is 10.2. The van der Waals surface area contributed by atoms with Gasteiger partial charge in [-0.3, -0.25) is 4.79 Å². The van der Waals surface area contributed by atoms with Crippen molar-refractivity contribution in [1.82, 2.24) is 10.3 Å². The molecule has 88 valence electrons. The van der Waals surface area contributed by atoms with Crippen molar-refractivity contribution in [3.63, 3.8) is 0 Å². The van der Waals surface area contributed by atoms with E-state index in [1.54, 1.807) is 11.6 Å². The number of benzene rings is 1. The van der Waals surface area contributed by atoms with Gasteiger partial charge < -0.3 is 5.32 Å². The maximum Gasteiger partial charge on any atom is 0.254 e. The maximum absolute atomic E-state index is 13.2. The van der Waals surface area contributed by atoms with Crippen LogP contribution in [-0.4, -0.2) is 10.9 Å². The van der Waals surface area contributed by atoms with Crippen molar-refractivity contribution in [2.24, 2.45) is 0 Å². The molecular weight excluding hydrogens is 246 g/mol. The van der Waals surface area contributed by atoms with Crippen molar-refractivity contribution in [3.8, 4) is 0 Å². The number of halogens is 2. The minimum atomic E-state index is -0.747. The first-order valence-electron chi connectivity index (χ1n) is 4.78. The van der Waals surface area contributed by atoms with E-state index in [1.165, 1.54) is 11.3 Å². The number of rotatable bonds is 3. The zero-order valence-electron chi connectivity index (χ0n) is 8.61. The molecule has 0 aliphatic heterocycles. The molecule has 0 saturated carbocycles.